The Morgan fingerprint density at radius 1 is 1.19 bits per heavy atom. The summed E-state index contributed by atoms with van der Waals surface area (Å²) in [7, 11) is 1.67. The third-order valence-corrected chi connectivity index (χ3v) is 3.13. The van der Waals surface area contributed by atoms with E-state index >= 15 is 0 Å². The van der Waals surface area contributed by atoms with E-state index in [9.17, 15) is 0 Å². The highest BCUT2D eigenvalue weighted by Crippen LogP contribution is 2.30. The SMILES string of the molecule is COc1cc2ccc(Br)cc2cc1C(C)N. The van der Waals surface area contributed by atoms with Crippen LogP contribution in [-0.4, -0.2) is 7.11 Å². The fraction of sp³-hybridized carbons (Fsp3) is 0.231. The quantitative estimate of drug-likeness (QED) is 0.911. The fourth-order valence-corrected chi connectivity index (χ4v) is 2.18. The van der Waals surface area contributed by atoms with Crippen molar-refractivity contribution in [2.75, 3.05) is 7.11 Å². The Bertz CT molecular complexity index is 523. The number of nitrogens with two attached hydrogens (primary N) is 1. The van der Waals surface area contributed by atoms with E-state index in [4.69, 9.17) is 10.5 Å². The molecule has 0 aliphatic heterocycles. The van der Waals surface area contributed by atoms with Crippen molar-refractivity contribution in [1.29, 1.82) is 0 Å². The summed E-state index contributed by atoms with van der Waals surface area (Å²) in [5, 5.41) is 2.33. The zero-order valence-electron chi connectivity index (χ0n) is 9.33. The van der Waals surface area contributed by atoms with Crippen LogP contribution in [0.25, 0.3) is 10.8 Å². The van der Waals surface area contributed by atoms with Crippen LogP contribution in [0, 0.1) is 0 Å². The van der Waals surface area contributed by atoms with E-state index < -0.39 is 0 Å². The fourth-order valence-electron chi connectivity index (χ4n) is 1.80. The van der Waals surface area contributed by atoms with Crippen molar-refractivity contribution < 1.29 is 4.74 Å². The number of ether oxygens (including phenoxy) is 1. The van der Waals surface area contributed by atoms with E-state index in [-0.39, 0.29) is 6.04 Å². The van der Waals surface area contributed by atoms with Gasteiger partial charge in [0.05, 0.1) is 7.11 Å². The Balaban J connectivity index is 2.70. The second kappa shape index (κ2) is 4.44. The second-order valence-corrected chi connectivity index (χ2v) is 4.79. The number of halogens is 1. The Morgan fingerprint density at radius 3 is 2.56 bits per heavy atom. The largest absolute Gasteiger partial charge is 0.496 e. The summed E-state index contributed by atoms with van der Waals surface area (Å²) in [6.07, 6.45) is 0. The molecule has 0 spiro atoms. The van der Waals surface area contributed by atoms with Gasteiger partial charge in [-0.05, 0) is 42.0 Å². The highest BCUT2D eigenvalue weighted by molar-refractivity contribution is 9.10. The predicted molar refractivity (Wildman–Crippen MR) is 70.8 cm³/mol. The zero-order chi connectivity index (χ0) is 11.7. The van der Waals surface area contributed by atoms with Crippen molar-refractivity contribution in [3.63, 3.8) is 0 Å². The van der Waals surface area contributed by atoms with E-state index in [1.807, 2.05) is 19.1 Å². The van der Waals surface area contributed by atoms with Crippen molar-refractivity contribution in [2.45, 2.75) is 13.0 Å². The van der Waals surface area contributed by atoms with Crippen LogP contribution in [0.2, 0.25) is 0 Å². The van der Waals surface area contributed by atoms with Crippen LogP contribution in [0.15, 0.2) is 34.8 Å². The van der Waals surface area contributed by atoms with Gasteiger partial charge in [-0.3, -0.25) is 0 Å². The third kappa shape index (κ3) is 2.06. The molecule has 0 aliphatic carbocycles. The number of benzene rings is 2. The summed E-state index contributed by atoms with van der Waals surface area (Å²) < 4.78 is 6.42. The minimum absolute atomic E-state index is 0.0293. The van der Waals surface area contributed by atoms with Gasteiger partial charge in [0.1, 0.15) is 5.75 Å². The first kappa shape index (κ1) is 11.4. The van der Waals surface area contributed by atoms with Gasteiger partial charge in [-0.15, -0.1) is 0 Å². The molecule has 2 nitrogen and oxygen atoms in total. The molecule has 16 heavy (non-hydrogen) atoms. The molecule has 84 valence electrons. The number of fused-ring (bicyclic) bond motifs is 1. The number of methoxy groups -OCH3 is 1. The Hall–Kier alpha value is -1.06. The van der Waals surface area contributed by atoms with Crippen LogP contribution in [-0.2, 0) is 0 Å². The first-order chi connectivity index (χ1) is 7.61. The molecule has 0 heterocycles. The molecule has 2 aromatic carbocycles. The third-order valence-electron chi connectivity index (χ3n) is 2.64. The lowest BCUT2D eigenvalue weighted by Crippen LogP contribution is -2.06. The van der Waals surface area contributed by atoms with Gasteiger partial charge in [0.25, 0.3) is 0 Å². The summed E-state index contributed by atoms with van der Waals surface area (Å²) >= 11 is 3.47. The van der Waals surface area contributed by atoms with Crippen LogP contribution in [0.4, 0.5) is 0 Å². The normalized spacial score (nSPS) is 12.8. The van der Waals surface area contributed by atoms with E-state index in [1.54, 1.807) is 7.11 Å². The van der Waals surface area contributed by atoms with E-state index in [1.165, 1.54) is 5.39 Å². The molecule has 0 saturated heterocycles. The van der Waals surface area contributed by atoms with Gasteiger partial charge in [-0.25, -0.2) is 0 Å². The van der Waals surface area contributed by atoms with Gasteiger partial charge in [-0.1, -0.05) is 22.0 Å². The standard InChI is InChI=1S/C13H14BrNO/c1-8(15)12-6-10-5-11(14)4-3-9(10)7-13(12)16-2/h3-8H,15H2,1-2H3. The minimum atomic E-state index is -0.0293. The lowest BCUT2D eigenvalue weighted by atomic mass is 10.0. The van der Waals surface area contributed by atoms with Crippen LogP contribution in [0.5, 0.6) is 5.75 Å². The first-order valence-corrected chi connectivity index (χ1v) is 5.94. The van der Waals surface area contributed by atoms with Gasteiger partial charge in [0.15, 0.2) is 0 Å². The Labute approximate surface area is 104 Å². The maximum atomic E-state index is 5.93. The second-order valence-electron chi connectivity index (χ2n) is 3.87. The van der Waals surface area contributed by atoms with Crippen LogP contribution < -0.4 is 10.5 Å². The van der Waals surface area contributed by atoms with E-state index in [0.717, 1.165) is 21.2 Å². The summed E-state index contributed by atoms with van der Waals surface area (Å²) in [4.78, 5) is 0. The lowest BCUT2D eigenvalue weighted by Gasteiger charge is -2.13. The maximum absolute atomic E-state index is 5.93. The number of rotatable bonds is 2. The molecule has 0 radical (unpaired) electrons. The summed E-state index contributed by atoms with van der Waals surface area (Å²) in [6, 6.07) is 10.3. The predicted octanol–water partition coefficient (Wildman–Crippen LogP) is 3.63. The van der Waals surface area contributed by atoms with E-state index in [2.05, 4.69) is 34.1 Å². The highest BCUT2D eigenvalue weighted by atomic mass is 79.9. The van der Waals surface area contributed by atoms with Gasteiger partial charge < -0.3 is 10.5 Å². The average molecular weight is 280 g/mol. The molecule has 2 N–H and O–H groups in total. The van der Waals surface area contributed by atoms with Crippen molar-refractivity contribution in [1.82, 2.24) is 0 Å². The molecule has 3 heteroatoms. The number of hydrogen-bond donors (Lipinski definition) is 1. The molecule has 0 saturated carbocycles. The monoisotopic (exact) mass is 279 g/mol. The van der Waals surface area contributed by atoms with Crippen molar-refractivity contribution in [3.8, 4) is 5.75 Å². The smallest absolute Gasteiger partial charge is 0.124 e. The lowest BCUT2D eigenvalue weighted by molar-refractivity contribution is 0.407. The highest BCUT2D eigenvalue weighted by Gasteiger charge is 2.09. The van der Waals surface area contributed by atoms with Crippen LogP contribution in [0.3, 0.4) is 0 Å². The van der Waals surface area contributed by atoms with Gasteiger partial charge >= 0.3 is 0 Å². The molecule has 2 aromatic rings. The molecule has 0 bridgehead atoms. The Kier molecular flexibility index (Phi) is 3.17. The summed E-state index contributed by atoms with van der Waals surface area (Å²) in [6.45, 7) is 1.96. The average Bonchev–Trinajstić information content (AvgIpc) is 2.27. The van der Waals surface area contributed by atoms with Crippen molar-refractivity contribution in [2.24, 2.45) is 5.73 Å². The molecule has 1 atom stereocenters. The maximum Gasteiger partial charge on any atom is 0.124 e. The molecule has 2 rings (SSSR count). The first-order valence-electron chi connectivity index (χ1n) is 5.14. The summed E-state index contributed by atoms with van der Waals surface area (Å²) in [5.74, 6) is 0.852. The molecule has 0 aromatic heterocycles. The molecular weight excluding hydrogens is 266 g/mol. The molecule has 0 aliphatic rings. The van der Waals surface area contributed by atoms with Crippen molar-refractivity contribution >= 4 is 26.7 Å². The molecule has 1 unspecified atom stereocenters. The summed E-state index contributed by atoms with van der Waals surface area (Å²) in [5.41, 5.74) is 6.96. The van der Waals surface area contributed by atoms with Crippen LogP contribution in [0.1, 0.15) is 18.5 Å². The van der Waals surface area contributed by atoms with Gasteiger partial charge in [0, 0.05) is 16.1 Å². The molecule has 0 amide bonds. The topological polar surface area (TPSA) is 35.2 Å². The minimum Gasteiger partial charge on any atom is -0.496 e. The molecule has 0 fully saturated rings. The zero-order valence-corrected chi connectivity index (χ0v) is 10.9. The van der Waals surface area contributed by atoms with Gasteiger partial charge in [0.2, 0.25) is 0 Å². The van der Waals surface area contributed by atoms with Gasteiger partial charge in [-0.2, -0.15) is 0 Å². The van der Waals surface area contributed by atoms with Crippen molar-refractivity contribution in [3.05, 3.63) is 40.4 Å². The Morgan fingerprint density at radius 2 is 1.94 bits per heavy atom. The number of hydrogen-bond acceptors (Lipinski definition) is 2. The van der Waals surface area contributed by atoms with E-state index in [0.29, 0.717) is 0 Å². The van der Waals surface area contributed by atoms with Crippen LogP contribution >= 0.6 is 15.9 Å². The molecular formula is C13H14BrNO.